The van der Waals surface area contributed by atoms with Gasteiger partial charge in [-0.25, -0.2) is 0 Å². The van der Waals surface area contributed by atoms with Crippen LogP contribution in [0.4, 0.5) is 0 Å². The summed E-state index contributed by atoms with van der Waals surface area (Å²) in [6, 6.07) is 15.3. The molecule has 0 bridgehead atoms. The second-order valence-corrected chi connectivity index (χ2v) is 11.6. The van der Waals surface area contributed by atoms with E-state index in [-0.39, 0.29) is 65.1 Å². The quantitative estimate of drug-likeness (QED) is 0.233. The smallest absolute Gasteiger partial charge is 0.198 e. The van der Waals surface area contributed by atoms with Gasteiger partial charge < -0.3 is 35.3 Å². The van der Waals surface area contributed by atoms with Gasteiger partial charge in [-0.3, -0.25) is 14.4 Å². The van der Waals surface area contributed by atoms with Crippen LogP contribution in [0.15, 0.2) is 54.6 Å². The molecular formula is C33H34ClNO9. The topological polar surface area (TPSA) is 166 Å². The normalized spacial score (nSPS) is 27.5. The lowest BCUT2D eigenvalue weighted by molar-refractivity contribution is -0.254. The van der Waals surface area contributed by atoms with E-state index in [1.165, 1.54) is 19.1 Å². The van der Waals surface area contributed by atoms with Crippen LogP contribution in [0.25, 0.3) is 0 Å². The van der Waals surface area contributed by atoms with E-state index < -0.39 is 65.1 Å². The number of rotatable bonds is 6. The summed E-state index contributed by atoms with van der Waals surface area (Å²) < 4.78 is 18.5. The predicted molar refractivity (Wildman–Crippen MR) is 160 cm³/mol. The summed E-state index contributed by atoms with van der Waals surface area (Å²) in [4.78, 5) is 39.6. The Bertz CT molecular complexity index is 1620. The fourth-order valence-electron chi connectivity index (χ4n) is 6.44. The zero-order chi connectivity index (χ0) is 30.6. The van der Waals surface area contributed by atoms with Crippen molar-refractivity contribution in [1.82, 2.24) is 0 Å². The molecular weight excluding hydrogens is 590 g/mol. The van der Waals surface area contributed by atoms with Crippen molar-refractivity contribution in [2.75, 3.05) is 0 Å². The minimum atomic E-state index is -1.97. The molecule has 0 unspecified atom stereocenters. The summed E-state index contributed by atoms with van der Waals surface area (Å²) >= 11 is 0. The van der Waals surface area contributed by atoms with Crippen molar-refractivity contribution in [3.63, 3.8) is 0 Å². The van der Waals surface area contributed by atoms with Gasteiger partial charge in [-0.15, -0.1) is 12.4 Å². The Balaban J connectivity index is 0.00000384. The van der Waals surface area contributed by atoms with E-state index in [1.807, 2.05) is 30.3 Å². The zero-order valence-electron chi connectivity index (χ0n) is 24.2. The number of ketones is 3. The number of fused-ring (bicyclic) bond motifs is 3. The van der Waals surface area contributed by atoms with Gasteiger partial charge in [0.1, 0.15) is 17.1 Å². The number of phenolic OH excluding ortho intramolecular Hbond substituents is 2. The molecule has 5 N–H and O–H groups in total. The number of halogens is 1. The summed E-state index contributed by atoms with van der Waals surface area (Å²) in [6.07, 6.45) is -3.52. The van der Waals surface area contributed by atoms with Gasteiger partial charge in [0, 0.05) is 47.6 Å². The highest BCUT2D eigenvalue weighted by Crippen LogP contribution is 2.52. The second kappa shape index (κ2) is 12.0. The van der Waals surface area contributed by atoms with Crippen LogP contribution >= 0.6 is 12.4 Å². The number of hydrogen-bond donors (Lipinski definition) is 4. The van der Waals surface area contributed by atoms with Gasteiger partial charge in [0.25, 0.3) is 0 Å². The molecule has 3 aliphatic rings. The molecule has 10 nitrogen and oxygen atoms in total. The second-order valence-electron chi connectivity index (χ2n) is 11.6. The van der Waals surface area contributed by atoms with E-state index in [2.05, 4.69) is 0 Å². The van der Waals surface area contributed by atoms with Crippen molar-refractivity contribution in [2.45, 2.75) is 76.0 Å². The molecule has 3 aromatic carbocycles. The van der Waals surface area contributed by atoms with E-state index in [9.17, 15) is 29.7 Å². The molecule has 0 aromatic heterocycles. The first-order valence-electron chi connectivity index (χ1n) is 14.2. The van der Waals surface area contributed by atoms with Crippen molar-refractivity contribution in [3.8, 4) is 11.5 Å². The fourth-order valence-corrected chi connectivity index (χ4v) is 6.44. The maximum absolute atomic E-state index is 13.5. The summed E-state index contributed by atoms with van der Waals surface area (Å²) in [6.45, 7) is 3.35. The van der Waals surface area contributed by atoms with E-state index in [0.717, 1.165) is 5.56 Å². The van der Waals surface area contributed by atoms with Crippen LogP contribution in [-0.2, 0) is 32.0 Å². The minimum absolute atomic E-state index is 0. The molecule has 1 aliphatic heterocycles. The van der Waals surface area contributed by atoms with Gasteiger partial charge in [0.15, 0.2) is 23.6 Å². The van der Waals surface area contributed by atoms with E-state index in [4.69, 9.17) is 19.9 Å². The molecule has 0 spiro atoms. The molecule has 11 heteroatoms. The zero-order valence-corrected chi connectivity index (χ0v) is 25.0. The highest BCUT2D eigenvalue weighted by Gasteiger charge is 2.49. The van der Waals surface area contributed by atoms with Gasteiger partial charge in [-0.05, 0) is 19.4 Å². The summed E-state index contributed by atoms with van der Waals surface area (Å²) in [5, 5.41) is 34.3. The van der Waals surface area contributed by atoms with Crippen molar-refractivity contribution < 1.29 is 43.9 Å². The molecule has 0 radical (unpaired) electrons. The molecule has 232 valence electrons. The number of nitrogens with two attached hydrogens (primary N) is 1. The molecule has 2 aliphatic carbocycles. The molecule has 44 heavy (non-hydrogen) atoms. The van der Waals surface area contributed by atoms with Crippen molar-refractivity contribution in [2.24, 2.45) is 5.73 Å². The van der Waals surface area contributed by atoms with Crippen molar-refractivity contribution in [1.29, 1.82) is 0 Å². The van der Waals surface area contributed by atoms with Crippen LogP contribution in [0.5, 0.6) is 11.5 Å². The lowest BCUT2D eigenvalue weighted by Gasteiger charge is -2.43. The van der Waals surface area contributed by atoms with Crippen molar-refractivity contribution >= 4 is 29.8 Å². The molecule has 3 aromatic rings. The first-order chi connectivity index (χ1) is 20.5. The van der Waals surface area contributed by atoms with Crippen LogP contribution in [-0.4, -0.2) is 62.8 Å². The lowest BCUT2D eigenvalue weighted by Crippen LogP contribution is -2.53. The highest BCUT2D eigenvalue weighted by atomic mass is 35.5. The van der Waals surface area contributed by atoms with E-state index >= 15 is 0 Å². The molecule has 1 saturated heterocycles. The first-order valence-corrected chi connectivity index (χ1v) is 14.2. The summed E-state index contributed by atoms with van der Waals surface area (Å²) in [5.74, 6) is -2.97. The number of aliphatic hydroxyl groups is 1. The third-order valence-electron chi connectivity index (χ3n) is 8.75. The standard InChI is InChI=1S/C33H33NO9.ClH/c1-16-32(41-15-18-8-4-3-5-9-18)22(34)12-24(42-16)43-23-14-33(40,17(2)35)13-21-25(23)31(39)27-26(30(21)38)28(36)19-10-6-7-11-20(19)29(27)37;/h3-11,16,22-24,32,38-40H,12-15,34H2,1-2H3;1H/t16-,22-,23-,24-,32+,33-;/m0./s1. The Morgan fingerprint density at radius 2 is 1.59 bits per heavy atom. The number of carbonyl (C=O) groups is 3. The van der Waals surface area contributed by atoms with Crippen molar-refractivity contribution in [3.05, 3.63) is 93.5 Å². The maximum Gasteiger partial charge on any atom is 0.198 e. The Morgan fingerprint density at radius 3 is 2.18 bits per heavy atom. The van der Waals surface area contributed by atoms with Gasteiger partial charge in [0.05, 0.1) is 36.0 Å². The number of benzene rings is 3. The SMILES string of the molecule is CC(=O)[C@]1(O)Cc2c(O)c3c(c(O)c2[C@@H](O[C@H]2C[C@H](N)[C@H](OCc4ccccc4)[C@H](C)O2)C1)C(=O)c1ccccc1C3=O.Cl. The third-order valence-corrected chi connectivity index (χ3v) is 8.75. The van der Waals surface area contributed by atoms with Crippen LogP contribution < -0.4 is 5.73 Å². The average Bonchev–Trinajstić information content (AvgIpc) is 2.97. The Hall–Kier alpha value is -3.64. The molecule has 6 atom stereocenters. The fraction of sp³-hybridized carbons (Fsp3) is 0.364. The Kier molecular flexibility index (Phi) is 8.69. The van der Waals surface area contributed by atoms with Gasteiger partial charge in [-0.1, -0.05) is 54.6 Å². The largest absolute Gasteiger partial charge is 0.507 e. The van der Waals surface area contributed by atoms with Gasteiger partial charge in [-0.2, -0.15) is 0 Å². The third kappa shape index (κ3) is 5.32. The molecule has 1 fully saturated rings. The Morgan fingerprint density at radius 1 is 1.00 bits per heavy atom. The number of Topliss-reactive ketones (excluding diaryl/α,β-unsaturated/α-hetero) is 1. The van der Waals surface area contributed by atoms with E-state index in [0.29, 0.717) is 6.61 Å². The molecule has 6 rings (SSSR count). The van der Waals surface area contributed by atoms with Crippen LogP contribution in [0.2, 0.25) is 0 Å². The number of phenols is 2. The summed E-state index contributed by atoms with van der Waals surface area (Å²) in [7, 11) is 0. The van der Waals surface area contributed by atoms with Gasteiger partial charge in [0.2, 0.25) is 0 Å². The molecule has 0 saturated carbocycles. The first kappa shape index (κ1) is 31.8. The number of carbonyl (C=O) groups excluding carboxylic acids is 3. The summed E-state index contributed by atoms with van der Waals surface area (Å²) in [5.41, 5.74) is 4.96. The molecule has 1 heterocycles. The van der Waals surface area contributed by atoms with Crippen LogP contribution in [0.1, 0.15) is 81.3 Å². The number of hydrogen-bond acceptors (Lipinski definition) is 10. The highest BCUT2D eigenvalue weighted by molar-refractivity contribution is 6.30. The van der Waals surface area contributed by atoms with Crippen LogP contribution in [0.3, 0.4) is 0 Å². The monoisotopic (exact) mass is 623 g/mol. The number of ether oxygens (including phenoxy) is 3. The van der Waals surface area contributed by atoms with Crippen LogP contribution in [0, 0.1) is 0 Å². The maximum atomic E-state index is 13.5. The minimum Gasteiger partial charge on any atom is -0.507 e. The average molecular weight is 624 g/mol. The molecule has 0 amide bonds. The van der Waals surface area contributed by atoms with Gasteiger partial charge >= 0.3 is 0 Å². The predicted octanol–water partition coefficient (Wildman–Crippen LogP) is 3.67. The Labute approximate surface area is 260 Å². The number of aromatic hydroxyl groups is 2. The lowest BCUT2D eigenvalue weighted by atomic mass is 9.72. The van der Waals surface area contributed by atoms with E-state index in [1.54, 1.807) is 19.1 Å².